The van der Waals surface area contributed by atoms with Crippen LogP contribution >= 0.6 is 0 Å². The lowest BCUT2D eigenvalue weighted by molar-refractivity contribution is 0.277. The van der Waals surface area contributed by atoms with Crippen molar-refractivity contribution in [1.82, 2.24) is 0 Å². The van der Waals surface area contributed by atoms with E-state index in [1.165, 1.54) is 11.1 Å². The van der Waals surface area contributed by atoms with Crippen LogP contribution in [0.5, 0.6) is 5.75 Å². The molecule has 0 N–H and O–H groups in total. The van der Waals surface area contributed by atoms with Gasteiger partial charge in [-0.2, -0.15) is 0 Å². The van der Waals surface area contributed by atoms with Crippen molar-refractivity contribution in [2.75, 3.05) is 20.8 Å². The monoisotopic (exact) mass is 252 g/mol. The molecule has 0 fully saturated rings. The van der Waals surface area contributed by atoms with E-state index in [-0.39, 0.29) is 0 Å². The fourth-order valence-electron chi connectivity index (χ4n) is 1.32. The minimum absolute atomic E-state index is 0.860. The molecule has 2 nitrogen and oxygen atoms in total. The van der Waals surface area contributed by atoms with Crippen molar-refractivity contribution in [2.45, 2.75) is 34.1 Å². The fourth-order valence-corrected chi connectivity index (χ4v) is 1.32. The SMILES string of the molecule is C=CC.CC.COC.Cc1ccc2c(c1)CCO2. The predicted octanol–water partition coefficient (Wildman–Crippen LogP) is 4.41. The Morgan fingerprint density at radius 3 is 2.28 bits per heavy atom. The zero-order chi connectivity index (χ0) is 14.4. The van der Waals surface area contributed by atoms with Crippen LogP contribution in [0.4, 0.5) is 0 Å². The molecule has 104 valence electrons. The van der Waals surface area contributed by atoms with E-state index in [0.717, 1.165) is 18.8 Å². The lowest BCUT2D eigenvalue weighted by atomic mass is 10.1. The van der Waals surface area contributed by atoms with Gasteiger partial charge < -0.3 is 9.47 Å². The molecule has 1 aromatic carbocycles. The molecule has 0 saturated carbocycles. The highest BCUT2D eigenvalue weighted by molar-refractivity contribution is 5.39. The maximum Gasteiger partial charge on any atom is 0.122 e. The van der Waals surface area contributed by atoms with E-state index in [4.69, 9.17) is 4.74 Å². The van der Waals surface area contributed by atoms with Crippen LogP contribution in [0.2, 0.25) is 0 Å². The average molecular weight is 252 g/mol. The van der Waals surface area contributed by atoms with Crippen molar-refractivity contribution in [3.05, 3.63) is 42.0 Å². The van der Waals surface area contributed by atoms with Crippen LogP contribution in [-0.4, -0.2) is 20.8 Å². The fraction of sp³-hybridized carbons (Fsp3) is 0.500. The van der Waals surface area contributed by atoms with Crippen molar-refractivity contribution >= 4 is 0 Å². The molecule has 1 heterocycles. The zero-order valence-electron chi connectivity index (χ0n) is 12.7. The minimum atomic E-state index is 0.860. The second-order valence-corrected chi connectivity index (χ2v) is 3.53. The summed E-state index contributed by atoms with van der Waals surface area (Å²) < 4.78 is 9.60. The largest absolute Gasteiger partial charge is 0.493 e. The quantitative estimate of drug-likeness (QED) is 0.637. The molecule has 1 aromatic rings. The van der Waals surface area contributed by atoms with Gasteiger partial charge in [-0.1, -0.05) is 37.6 Å². The van der Waals surface area contributed by atoms with Crippen molar-refractivity contribution in [3.8, 4) is 5.75 Å². The molecule has 1 aliphatic rings. The number of hydrogen-bond acceptors (Lipinski definition) is 2. The van der Waals surface area contributed by atoms with Gasteiger partial charge in [0.1, 0.15) is 5.75 Å². The Balaban J connectivity index is 0. The Kier molecular flexibility index (Phi) is 14.6. The average Bonchev–Trinajstić information content (AvgIpc) is 2.81. The number of fused-ring (bicyclic) bond motifs is 1. The molecule has 0 aromatic heterocycles. The summed E-state index contributed by atoms with van der Waals surface area (Å²) in [5.74, 6) is 1.07. The maximum atomic E-state index is 5.35. The first-order valence-corrected chi connectivity index (χ1v) is 6.39. The summed E-state index contributed by atoms with van der Waals surface area (Å²) in [5.41, 5.74) is 2.68. The molecule has 2 heteroatoms. The summed E-state index contributed by atoms with van der Waals surface area (Å²) in [6, 6.07) is 6.34. The predicted molar refractivity (Wildman–Crippen MR) is 80.5 cm³/mol. The van der Waals surface area contributed by atoms with Crippen LogP contribution in [0, 0.1) is 6.92 Å². The number of benzene rings is 1. The summed E-state index contributed by atoms with van der Waals surface area (Å²) in [5, 5.41) is 0. The lowest BCUT2D eigenvalue weighted by Crippen LogP contribution is -1.85. The Morgan fingerprint density at radius 1 is 1.28 bits per heavy atom. The summed E-state index contributed by atoms with van der Waals surface area (Å²) in [6.07, 6.45) is 2.83. The van der Waals surface area contributed by atoms with Gasteiger partial charge in [0, 0.05) is 20.6 Å². The first kappa shape index (κ1) is 19.1. The third kappa shape index (κ3) is 8.82. The number of aryl methyl sites for hydroxylation is 1. The van der Waals surface area contributed by atoms with Crippen LogP contribution in [-0.2, 0) is 11.2 Å². The van der Waals surface area contributed by atoms with Crippen LogP contribution in [0.25, 0.3) is 0 Å². The Labute approximate surface area is 113 Å². The molecular formula is C16H28O2. The second kappa shape index (κ2) is 13.8. The second-order valence-electron chi connectivity index (χ2n) is 3.53. The molecular weight excluding hydrogens is 224 g/mol. The molecule has 0 radical (unpaired) electrons. The van der Waals surface area contributed by atoms with E-state index in [9.17, 15) is 0 Å². The molecule has 0 atom stereocenters. The Bertz CT molecular complexity index is 306. The first-order chi connectivity index (χ1) is 8.69. The highest BCUT2D eigenvalue weighted by Gasteiger charge is 2.09. The Morgan fingerprint density at radius 2 is 1.78 bits per heavy atom. The van der Waals surface area contributed by atoms with Gasteiger partial charge in [-0.15, -0.1) is 6.58 Å². The van der Waals surface area contributed by atoms with Gasteiger partial charge in [-0.05, 0) is 25.5 Å². The standard InChI is InChI=1S/C9H10O.C3H6.C2H6O.C2H6/c1-7-2-3-9-8(6-7)4-5-10-9;2*1-3-2;1-2/h2-3,6H,4-5H2,1H3;3H,1H2,2H3;1-2H3;1-2H3. The van der Waals surface area contributed by atoms with Gasteiger partial charge in [0.15, 0.2) is 0 Å². The van der Waals surface area contributed by atoms with Gasteiger partial charge in [-0.3, -0.25) is 0 Å². The zero-order valence-corrected chi connectivity index (χ0v) is 12.7. The van der Waals surface area contributed by atoms with E-state index < -0.39 is 0 Å². The van der Waals surface area contributed by atoms with Crippen LogP contribution in [0.1, 0.15) is 31.9 Å². The van der Waals surface area contributed by atoms with Crippen molar-refractivity contribution in [1.29, 1.82) is 0 Å². The molecule has 0 saturated heterocycles. The summed E-state index contributed by atoms with van der Waals surface area (Å²) in [4.78, 5) is 0. The van der Waals surface area contributed by atoms with E-state index in [0.29, 0.717) is 0 Å². The molecule has 2 rings (SSSR count). The molecule has 1 aliphatic heterocycles. The van der Waals surface area contributed by atoms with Gasteiger partial charge in [0.2, 0.25) is 0 Å². The number of allylic oxidation sites excluding steroid dienone is 1. The normalized spacial score (nSPS) is 10.1. The third-order valence-corrected chi connectivity index (χ3v) is 1.84. The third-order valence-electron chi connectivity index (χ3n) is 1.84. The summed E-state index contributed by atoms with van der Waals surface area (Å²) in [7, 11) is 3.25. The minimum Gasteiger partial charge on any atom is -0.493 e. The Hall–Kier alpha value is -1.28. The van der Waals surface area contributed by atoms with Gasteiger partial charge in [0.05, 0.1) is 6.61 Å². The van der Waals surface area contributed by atoms with Crippen molar-refractivity contribution in [2.24, 2.45) is 0 Å². The van der Waals surface area contributed by atoms with Crippen LogP contribution in [0.3, 0.4) is 0 Å². The van der Waals surface area contributed by atoms with Gasteiger partial charge >= 0.3 is 0 Å². The molecule has 0 amide bonds. The number of methoxy groups -OCH3 is 1. The lowest BCUT2D eigenvalue weighted by Gasteiger charge is -1.97. The molecule has 0 bridgehead atoms. The molecule has 18 heavy (non-hydrogen) atoms. The first-order valence-electron chi connectivity index (χ1n) is 6.39. The van der Waals surface area contributed by atoms with Crippen molar-refractivity contribution in [3.63, 3.8) is 0 Å². The molecule has 0 unspecified atom stereocenters. The number of ether oxygens (including phenoxy) is 2. The summed E-state index contributed by atoms with van der Waals surface area (Å²) >= 11 is 0. The van der Waals surface area contributed by atoms with E-state index in [2.05, 4.69) is 36.4 Å². The van der Waals surface area contributed by atoms with Gasteiger partial charge in [0.25, 0.3) is 0 Å². The highest BCUT2D eigenvalue weighted by Crippen LogP contribution is 2.25. The number of hydrogen-bond donors (Lipinski definition) is 0. The van der Waals surface area contributed by atoms with Crippen LogP contribution < -0.4 is 4.74 Å². The topological polar surface area (TPSA) is 18.5 Å². The molecule has 0 aliphatic carbocycles. The van der Waals surface area contributed by atoms with Crippen molar-refractivity contribution < 1.29 is 9.47 Å². The van der Waals surface area contributed by atoms with E-state index in [1.807, 2.05) is 20.8 Å². The molecule has 0 spiro atoms. The number of rotatable bonds is 0. The smallest absolute Gasteiger partial charge is 0.122 e. The van der Waals surface area contributed by atoms with Gasteiger partial charge in [-0.25, -0.2) is 0 Å². The summed E-state index contributed by atoms with van der Waals surface area (Å²) in [6.45, 7) is 12.2. The van der Waals surface area contributed by atoms with Crippen LogP contribution in [0.15, 0.2) is 30.9 Å². The van der Waals surface area contributed by atoms with E-state index >= 15 is 0 Å². The van der Waals surface area contributed by atoms with E-state index in [1.54, 1.807) is 20.3 Å². The maximum absolute atomic E-state index is 5.35. The highest BCUT2D eigenvalue weighted by atomic mass is 16.5.